The molecule has 4 nitrogen and oxygen atoms in total. The lowest BCUT2D eigenvalue weighted by Gasteiger charge is -2.11. The lowest BCUT2D eigenvalue weighted by Crippen LogP contribution is -2.13. The minimum Gasteiger partial charge on any atom is -0.398 e. The molecule has 0 atom stereocenters. The molecular formula is C15H17FN2O2S. The number of aryl methyl sites for hydroxylation is 2. The van der Waals surface area contributed by atoms with E-state index in [4.69, 9.17) is 5.73 Å². The summed E-state index contributed by atoms with van der Waals surface area (Å²) in [6.07, 6.45) is 0.733. The summed E-state index contributed by atoms with van der Waals surface area (Å²) in [6.45, 7) is 3.51. The van der Waals surface area contributed by atoms with Gasteiger partial charge >= 0.3 is 0 Å². The molecule has 6 heteroatoms. The quantitative estimate of drug-likeness (QED) is 0.853. The molecule has 0 fully saturated rings. The van der Waals surface area contributed by atoms with E-state index in [1.165, 1.54) is 30.3 Å². The van der Waals surface area contributed by atoms with Gasteiger partial charge in [-0.15, -0.1) is 0 Å². The van der Waals surface area contributed by atoms with Crippen molar-refractivity contribution >= 4 is 21.4 Å². The second-order valence-electron chi connectivity index (χ2n) is 4.78. The van der Waals surface area contributed by atoms with E-state index in [0.29, 0.717) is 16.9 Å². The molecule has 0 heterocycles. The summed E-state index contributed by atoms with van der Waals surface area (Å²) in [5, 5.41) is 0. The number of nitrogen functional groups attached to an aromatic ring is 1. The van der Waals surface area contributed by atoms with Crippen LogP contribution in [-0.4, -0.2) is 8.42 Å². The van der Waals surface area contributed by atoms with Crippen LogP contribution in [0.1, 0.15) is 18.1 Å². The van der Waals surface area contributed by atoms with Crippen LogP contribution in [0.25, 0.3) is 0 Å². The summed E-state index contributed by atoms with van der Waals surface area (Å²) in [7, 11) is -3.74. The van der Waals surface area contributed by atoms with Crippen LogP contribution < -0.4 is 10.5 Å². The van der Waals surface area contributed by atoms with Crippen molar-refractivity contribution in [2.75, 3.05) is 10.5 Å². The third kappa shape index (κ3) is 3.33. The van der Waals surface area contributed by atoms with Crippen LogP contribution in [0.15, 0.2) is 41.3 Å². The molecule has 0 radical (unpaired) electrons. The molecule has 0 aliphatic heterocycles. The summed E-state index contributed by atoms with van der Waals surface area (Å²) in [4.78, 5) is 0.0826. The van der Waals surface area contributed by atoms with E-state index in [1.807, 2.05) is 6.92 Å². The molecule has 2 aromatic carbocycles. The second kappa shape index (κ2) is 5.73. The molecule has 0 aliphatic carbocycles. The molecule has 0 amide bonds. The predicted octanol–water partition coefficient (Wildman–Crippen LogP) is 3.08. The minimum atomic E-state index is -3.74. The fourth-order valence-corrected chi connectivity index (χ4v) is 3.07. The Morgan fingerprint density at radius 1 is 1.19 bits per heavy atom. The van der Waals surface area contributed by atoms with Crippen molar-refractivity contribution in [2.45, 2.75) is 25.2 Å². The highest BCUT2D eigenvalue weighted by Crippen LogP contribution is 2.22. The van der Waals surface area contributed by atoms with E-state index >= 15 is 0 Å². The Morgan fingerprint density at radius 2 is 1.90 bits per heavy atom. The van der Waals surface area contributed by atoms with E-state index in [9.17, 15) is 12.8 Å². The molecule has 0 saturated heterocycles. The third-order valence-corrected chi connectivity index (χ3v) is 4.60. The molecule has 2 rings (SSSR count). The number of anilines is 2. The van der Waals surface area contributed by atoms with Crippen LogP contribution >= 0.6 is 0 Å². The molecular weight excluding hydrogens is 291 g/mol. The molecule has 0 aromatic heterocycles. The summed E-state index contributed by atoms with van der Waals surface area (Å²) in [5.41, 5.74) is 7.84. The summed E-state index contributed by atoms with van der Waals surface area (Å²) in [5.74, 6) is -0.380. The van der Waals surface area contributed by atoms with Crippen molar-refractivity contribution in [1.29, 1.82) is 0 Å². The molecule has 21 heavy (non-hydrogen) atoms. The number of nitrogens with one attached hydrogen (secondary N) is 1. The first kappa shape index (κ1) is 15.3. The van der Waals surface area contributed by atoms with Crippen LogP contribution in [0.2, 0.25) is 0 Å². The number of benzene rings is 2. The largest absolute Gasteiger partial charge is 0.398 e. The van der Waals surface area contributed by atoms with E-state index in [1.54, 1.807) is 13.0 Å². The van der Waals surface area contributed by atoms with Gasteiger partial charge in [-0.3, -0.25) is 4.72 Å². The van der Waals surface area contributed by atoms with Gasteiger partial charge in [-0.2, -0.15) is 0 Å². The normalized spacial score (nSPS) is 11.4. The van der Waals surface area contributed by atoms with Crippen LogP contribution in [0.3, 0.4) is 0 Å². The zero-order chi connectivity index (χ0) is 15.6. The molecule has 3 N–H and O–H groups in total. The van der Waals surface area contributed by atoms with Gasteiger partial charge < -0.3 is 5.73 Å². The maximum absolute atomic E-state index is 13.2. The monoisotopic (exact) mass is 308 g/mol. The molecule has 0 spiro atoms. The topological polar surface area (TPSA) is 72.2 Å². The van der Waals surface area contributed by atoms with Gasteiger partial charge in [0.15, 0.2) is 0 Å². The first-order valence-corrected chi connectivity index (χ1v) is 7.99. The highest BCUT2D eigenvalue weighted by atomic mass is 32.2. The summed E-state index contributed by atoms with van der Waals surface area (Å²) >= 11 is 0. The van der Waals surface area contributed by atoms with Crippen molar-refractivity contribution in [2.24, 2.45) is 0 Å². The zero-order valence-corrected chi connectivity index (χ0v) is 12.7. The Morgan fingerprint density at radius 3 is 2.48 bits per heavy atom. The number of nitrogens with two attached hydrogens (primary N) is 1. The fraction of sp³-hybridized carbons (Fsp3) is 0.200. The number of rotatable bonds is 4. The molecule has 0 bridgehead atoms. The van der Waals surface area contributed by atoms with Crippen molar-refractivity contribution in [3.63, 3.8) is 0 Å². The van der Waals surface area contributed by atoms with Crippen LogP contribution in [-0.2, 0) is 16.4 Å². The van der Waals surface area contributed by atoms with Crippen molar-refractivity contribution < 1.29 is 12.8 Å². The highest BCUT2D eigenvalue weighted by molar-refractivity contribution is 7.92. The maximum Gasteiger partial charge on any atom is 0.261 e. The summed E-state index contributed by atoms with van der Waals surface area (Å²) < 4.78 is 40.2. The average molecular weight is 308 g/mol. The Labute approximate surface area is 123 Å². The van der Waals surface area contributed by atoms with E-state index in [0.717, 1.165) is 12.0 Å². The number of hydrogen-bond acceptors (Lipinski definition) is 3. The molecule has 0 saturated carbocycles. The first-order chi connectivity index (χ1) is 9.83. The standard InChI is InChI=1S/C15H17FN2O2S/c1-3-11-4-6-13(9-15(11)17)21(19,20)18-12-5-7-14(16)10(2)8-12/h4-9,18H,3,17H2,1-2H3. The fourth-order valence-electron chi connectivity index (χ4n) is 1.98. The lowest BCUT2D eigenvalue weighted by molar-refractivity contribution is 0.601. The van der Waals surface area contributed by atoms with Crippen LogP contribution in [0.5, 0.6) is 0 Å². The molecule has 2 aromatic rings. The van der Waals surface area contributed by atoms with Crippen LogP contribution in [0, 0.1) is 12.7 Å². The second-order valence-corrected chi connectivity index (χ2v) is 6.47. The number of sulfonamides is 1. The Kier molecular flexibility index (Phi) is 4.18. The van der Waals surface area contributed by atoms with E-state index in [-0.39, 0.29) is 10.7 Å². The van der Waals surface area contributed by atoms with Crippen molar-refractivity contribution in [3.8, 4) is 0 Å². The van der Waals surface area contributed by atoms with Crippen molar-refractivity contribution in [1.82, 2.24) is 0 Å². The lowest BCUT2D eigenvalue weighted by atomic mass is 10.1. The predicted molar refractivity (Wildman–Crippen MR) is 82.2 cm³/mol. The Bertz CT molecular complexity index is 773. The van der Waals surface area contributed by atoms with Crippen molar-refractivity contribution in [3.05, 3.63) is 53.3 Å². The Hall–Kier alpha value is -2.08. The summed E-state index contributed by atoms with van der Waals surface area (Å²) in [6, 6.07) is 8.67. The SMILES string of the molecule is CCc1ccc(S(=O)(=O)Nc2ccc(F)c(C)c2)cc1N. The molecule has 0 unspecified atom stereocenters. The number of hydrogen-bond donors (Lipinski definition) is 2. The van der Waals surface area contributed by atoms with Gasteiger partial charge in [-0.25, -0.2) is 12.8 Å². The minimum absolute atomic E-state index is 0.0826. The molecule has 112 valence electrons. The third-order valence-electron chi connectivity index (χ3n) is 3.22. The maximum atomic E-state index is 13.2. The van der Waals surface area contributed by atoms with Gasteiger partial charge in [0.2, 0.25) is 0 Å². The zero-order valence-electron chi connectivity index (χ0n) is 11.9. The Balaban J connectivity index is 2.33. The van der Waals surface area contributed by atoms with E-state index in [2.05, 4.69) is 4.72 Å². The van der Waals surface area contributed by atoms with Gasteiger partial charge in [-0.1, -0.05) is 13.0 Å². The van der Waals surface area contributed by atoms with E-state index < -0.39 is 10.0 Å². The van der Waals surface area contributed by atoms with Crippen LogP contribution in [0.4, 0.5) is 15.8 Å². The smallest absolute Gasteiger partial charge is 0.261 e. The first-order valence-electron chi connectivity index (χ1n) is 6.51. The molecule has 0 aliphatic rings. The van der Waals surface area contributed by atoms with Gasteiger partial charge in [0.25, 0.3) is 10.0 Å². The highest BCUT2D eigenvalue weighted by Gasteiger charge is 2.15. The van der Waals surface area contributed by atoms with Gasteiger partial charge in [0.1, 0.15) is 5.82 Å². The van der Waals surface area contributed by atoms with Gasteiger partial charge in [-0.05, 0) is 54.8 Å². The average Bonchev–Trinajstić information content (AvgIpc) is 2.42. The van der Waals surface area contributed by atoms with Gasteiger partial charge in [0.05, 0.1) is 4.90 Å². The van der Waals surface area contributed by atoms with Gasteiger partial charge in [0, 0.05) is 11.4 Å². The number of halogens is 1.